The largest absolute Gasteiger partial charge is 0.486 e. The number of piperidine rings is 1. The topological polar surface area (TPSA) is 136 Å². The summed E-state index contributed by atoms with van der Waals surface area (Å²) in [5.74, 6) is -1.32. The Hall–Kier alpha value is -2.40. The number of hydrogen-bond acceptors (Lipinski definition) is 7. The maximum atomic E-state index is 12.9. The summed E-state index contributed by atoms with van der Waals surface area (Å²) in [6.07, 6.45) is 0.319. The molecular formula is C14H16N2O8S. The van der Waals surface area contributed by atoms with Gasteiger partial charge in [-0.3, -0.25) is 14.9 Å². The van der Waals surface area contributed by atoms with Crippen LogP contribution in [0.2, 0.25) is 0 Å². The third-order valence-electron chi connectivity index (χ3n) is 4.24. The average Bonchev–Trinajstić information content (AvgIpc) is 2.60. The van der Waals surface area contributed by atoms with Crippen LogP contribution in [-0.4, -0.2) is 55.0 Å². The number of benzene rings is 1. The van der Waals surface area contributed by atoms with Crippen LogP contribution >= 0.6 is 0 Å². The molecule has 1 fully saturated rings. The second kappa shape index (κ2) is 6.48. The molecule has 0 unspecified atom stereocenters. The molecule has 0 saturated carbocycles. The normalized spacial score (nSPS) is 18.7. The number of hydrogen-bond donors (Lipinski definition) is 1. The van der Waals surface area contributed by atoms with Crippen molar-refractivity contribution in [3.63, 3.8) is 0 Å². The second-order valence-corrected chi connectivity index (χ2v) is 7.64. The first-order chi connectivity index (χ1) is 11.8. The zero-order valence-corrected chi connectivity index (χ0v) is 13.9. The first-order valence-electron chi connectivity index (χ1n) is 7.61. The van der Waals surface area contributed by atoms with Crippen molar-refractivity contribution in [2.45, 2.75) is 17.7 Å². The number of ether oxygens (including phenoxy) is 2. The van der Waals surface area contributed by atoms with Gasteiger partial charge in [-0.15, -0.1) is 0 Å². The molecule has 1 aromatic carbocycles. The van der Waals surface area contributed by atoms with Gasteiger partial charge in [0, 0.05) is 19.2 Å². The van der Waals surface area contributed by atoms with E-state index in [1.807, 2.05) is 0 Å². The van der Waals surface area contributed by atoms with E-state index in [9.17, 15) is 23.3 Å². The van der Waals surface area contributed by atoms with E-state index in [-0.39, 0.29) is 50.6 Å². The molecule has 25 heavy (non-hydrogen) atoms. The molecule has 1 saturated heterocycles. The summed E-state index contributed by atoms with van der Waals surface area (Å²) in [5.41, 5.74) is -0.593. The van der Waals surface area contributed by atoms with Gasteiger partial charge < -0.3 is 14.6 Å². The van der Waals surface area contributed by atoms with E-state index in [0.29, 0.717) is 0 Å². The molecule has 1 aromatic rings. The molecule has 2 aliphatic rings. The third-order valence-corrected chi connectivity index (χ3v) is 6.17. The minimum Gasteiger partial charge on any atom is -0.486 e. The molecule has 0 spiro atoms. The van der Waals surface area contributed by atoms with Crippen LogP contribution in [0.25, 0.3) is 0 Å². The standard InChI is InChI=1S/C14H16N2O8S/c17-14(18)9-1-3-15(4-2-9)25(21,22)13-8-12-11(23-5-6-24-12)7-10(13)16(19)20/h7-9H,1-6H2,(H,17,18). The predicted octanol–water partition coefficient (Wildman–Crippen LogP) is 0.851. The number of carboxylic acids is 1. The number of carbonyl (C=O) groups is 1. The van der Waals surface area contributed by atoms with Crippen molar-refractivity contribution in [2.24, 2.45) is 5.92 Å². The highest BCUT2D eigenvalue weighted by Gasteiger charge is 2.37. The molecule has 1 N–H and O–H groups in total. The van der Waals surface area contributed by atoms with Crippen LogP contribution in [0.5, 0.6) is 11.5 Å². The van der Waals surface area contributed by atoms with Gasteiger partial charge in [0.05, 0.1) is 16.9 Å². The fourth-order valence-electron chi connectivity index (χ4n) is 2.89. The lowest BCUT2D eigenvalue weighted by Gasteiger charge is -2.29. The van der Waals surface area contributed by atoms with Gasteiger partial charge in [-0.05, 0) is 12.8 Å². The Labute approximate surface area is 143 Å². The van der Waals surface area contributed by atoms with Gasteiger partial charge in [-0.25, -0.2) is 8.42 Å². The van der Waals surface area contributed by atoms with E-state index in [2.05, 4.69) is 0 Å². The average molecular weight is 372 g/mol. The van der Waals surface area contributed by atoms with Crippen molar-refractivity contribution in [1.29, 1.82) is 0 Å². The SMILES string of the molecule is O=C(O)C1CCN(S(=O)(=O)c2cc3c(cc2[N+](=O)[O-])OCCO3)CC1. The van der Waals surface area contributed by atoms with E-state index in [4.69, 9.17) is 14.6 Å². The molecule has 0 atom stereocenters. The monoisotopic (exact) mass is 372 g/mol. The second-order valence-electron chi connectivity index (χ2n) is 5.74. The number of carboxylic acid groups (broad SMARTS) is 1. The molecule has 0 aliphatic carbocycles. The van der Waals surface area contributed by atoms with Crippen LogP contribution in [0.15, 0.2) is 17.0 Å². The summed E-state index contributed by atoms with van der Waals surface area (Å²) in [6.45, 7) is 0.420. The van der Waals surface area contributed by atoms with Crippen LogP contribution in [-0.2, 0) is 14.8 Å². The number of rotatable bonds is 4. The van der Waals surface area contributed by atoms with Gasteiger partial charge in [0.1, 0.15) is 13.2 Å². The molecule has 136 valence electrons. The molecule has 0 aromatic heterocycles. The molecular weight excluding hydrogens is 356 g/mol. The molecule has 0 bridgehead atoms. The molecule has 10 nitrogen and oxygen atoms in total. The maximum absolute atomic E-state index is 12.9. The first kappa shape index (κ1) is 17.4. The highest BCUT2D eigenvalue weighted by Crippen LogP contribution is 2.40. The smallest absolute Gasteiger partial charge is 0.306 e. The van der Waals surface area contributed by atoms with Crippen LogP contribution in [0.3, 0.4) is 0 Å². The van der Waals surface area contributed by atoms with Gasteiger partial charge in [0.2, 0.25) is 10.0 Å². The van der Waals surface area contributed by atoms with Crippen LogP contribution in [0, 0.1) is 16.0 Å². The van der Waals surface area contributed by atoms with Crippen molar-refractivity contribution in [2.75, 3.05) is 26.3 Å². The Kier molecular flexibility index (Phi) is 4.52. The third kappa shape index (κ3) is 3.24. The summed E-state index contributed by atoms with van der Waals surface area (Å²) in [6, 6.07) is 2.15. The number of fused-ring (bicyclic) bond motifs is 1. The summed E-state index contributed by atoms with van der Waals surface area (Å²) in [7, 11) is -4.16. The lowest BCUT2D eigenvalue weighted by molar-refractivity contribution is -0.388. The van der Waals surface area contributed by atoms with E-state index in [0.717, 1.165) is 16.4 Å². The number of aliphatic carboxylic acids is 1. The Morgan fingerprint density at radius 1 is 1.20 bits per heavy atom. The lowest BCUT2D eigenvalue weighted by Crippen LogP contribution is -2.40. The van der Waals surface area contributed by atoms with Gasteiger partial charge in [0.15, 0.2) is 16.4 Å². The van der Waals surface area contributed by atoms with Crippen LogP contribution in [0.1, 0.15) is 12.8 Å². The minimum absolute atomic E-state index is 0.00903. The van der Waals surface area contributed by atoms with E-state index >= 15 is 0 Å². The van der Waals surface area contributed by atoms with Crippen molar-refractivity contribution in [3.05, 3.63) is 22.2 Å². The molecule has 11 heteroatoms. The number of nitrogens with zero attached hydrogens (tertiary/aromatic N) is 2. The zero-order chi connectivity index (χ0) is 18.2. The van der Waals surface area contributed by atoms with Gasteiger partial charge in [0.25, 0.3) is 5.69 Å². The summed E-state index contributed by atoms with van der Waals surface area (Å²) in [4.78, 5) is 21.1. The maximum Gasteiger partial charge on any atom is 0.306 e. The lowest BCUT2D eigenvalue weighted by atomic mass is 9.99. The van der Waals surface area contributed by atoms with Gasteiger partial charge >= 0.3 is 5.97 Å². The quantitative estimate of drug-likeness (QED) is 0.607. The van der Waals surface area contributed by atoms with Gasteiger partial charge in [-0.2, -0.15) is 4.31 Å². The van der Waals surface area contributed by atoms with Gasteiger partial charge in [-0.1, -0.05) is 0 Å². The number of nitro groups is 1. The Bertz CT molecular complexity index is 814. The minimum atomic E-state index is -4.16. The highest BCUT2D eigenvalue weighted by atomic mass is 32.2. The van der Waals surface area contributed by atoms with Crippen LogP contribution in [0.4, 0.5) is 5.69 Å². The Morgan fingerprint density at radius 3 is 2.28 bits per heavy atom. The number of nitro benzene ring substituents is 1. The molecule has 0 radical (unpaired) electrons. The van der Waals surface area contributed by atoms with Crippen molar-refractivity contribution < 1.29 is 32.7 Å². The van der Waals surface area contributed by atoms with Crippen molar-refractivity contribution in [1.82, 2.24) is 4.31 Å². The first-order valence-corrected chi connectivity index (χ1v) is 9.05. The fourth-order valence-corrected chi connectivity index (χ4v) is 4.51. The Morgan fingerprint density at radius 2 is 1.76 bits per heavy atom. The number of sulfonamides is 1. The Balaban J connectivity index is 1.97. The summed E-state index contributed by atoms with van der Waals surface area (Å²) in [5, 5.41) is 20.3. The van der Waals surface area contributed by atoms with E-state index in [1.165, 1.54) is 0 Å². The summed E-state index contributed by atoms with van der Waals surface area (Å²) >= 11 is 0. The highest BCUT2D eigenvalue weighted by molar-refractivity contribution is 7.89. The molecule has 0 amide bonds. The predicted molar refractivity (Wildman–Crippen MR) is 83.2 cm³/mol. The van der Waals surface area contributed by atoms with Crippen molar-refractivity contribution in [3.8, 4) is 11.5 Å². The van der Waals surface area contributed by atoms with E-state index < -0.39 is 37.4 Å². The van der Waals surface area contributed by atoms with Crippen LogP contribution < -0.4 is 9.47 Å². The molecule has 2 heterocycles. The fraction of sp³-hybridized carbons (Fsp3) is 0.500. The summed E-state index contributed by atoms with van der Waals surface area (Å²) < 4.78 is 37.4. The zero-order valence-electron chi connectivity index (χ0n) is 13.1. The van der Waals surface area contributed by atoms with Crippen molar-refractivity contribution >= 4 is 21.7 Å². The van der Waals surface area contributed by atoms with E-state index in [1.54, 1.807) is 0 Å². The molecule has 2 aliphatic heterocycles. The molecule has 3 rings (SSSR count).